The lowest BCUT2D eigenvalue weighted by Gasteiger charge is -2.17. The summed E-state index contributed by atoms with van der Waals surface area (Å²) in [4.78, 5) is 125. The first-order valence-electron chi connectivity index (χ1n) is 40.2. The highest BCUT2D eigenvalue weighted by atomic mass is 35.5. The zero-order chi connectivity index (χ0) is 95.9. The number of amides is 6. The van der Waals surface area contributed by atoms with Gasteiger partial charge in [0, 0.05) is 125 Å². The summed E-state index contributed by atoms with van der Waals surface area (Å²) in [5.74, 6) is -3.67. The molecule has 14 aromatic rings. The van der Waals surface area contributed by atoms with E-state index in [2.05, 4.69) is 31.9 Å². The van der Waals surface area contributed by atoms with Crippen molar-refractivity contribution in [2.45, 2.75) is 52.1 Å². The maximum atomic E-state index is 14.5. The minimum atomic E-state index is -4.79. The molecule has 0 aliphatic heterocycles. The monoisotopic (exact) mass is 1840 g/mol. The fourth-order valence-electron chi connectivity index (χ4n) is 13.9. The van der Waals surface area contributed by atoms with Crippen molar-refractivity contribution in [1.29, 1.82) is 0 Å². The second-order valence-electron chi connectivity index (χ2n) is 30.4. The van der Waals surface area contributed by atoms with Gasteiger partial charge >= 0.3 is 18.5 Å². The van der Waals surface area contributed by atoms with Crippen LogP contribution in [-0.4, -0.2) is 57.5 Å². The van der Waals surface area contributed by atoms with Crippen LogP contribution in [0.4, 0.5) is 96.4 Å². The summed E-state index contributed by atoms with van der Waals surface area (Å²) in [5, 5.41) is 14.6. The molecule has 0 unspecified atom stereocenters. The number of Topliss-reactive ketones (excluding diaryl/α,β-unsaturated/α-hetero) is 2. The number of nitrogens with two attached hydrogens (primary N) is 4. The number of aryl methyl sites for hydroxylation is 3. The van der Waals surface area contributed by atoms with Crippen molar-refractivity contribution in [2.75, 3.05) is 54.8 Å². The van der Waals surface area contributed by atoms with Crippen LogP contribution >= 0.6 is 23.2 Å². The van der Waals surface area contributed by atoms with E-state index >= 15 is 0 Å². The summed E-state index contributed by atoms with van der Waals surface area (Å²) in [6.45, 7) is 4.89. The fourth-order valence-corrected chi connectivity index (χ4v) is 14.1. The Morgan fingerprint density at radius 1 is 0.233 bits per heavy atom. The van der Waals surface area contributed by atoms with Crippen molar-refractivity contribution >= 4 is 138 Å². The molecule has 0 fully saturated rings. The number of nitrogens with one attached hydrogen (secondary N) is 6. The van der Waals surface area contributed by atoms with Crippen LogP contribution in [0.1, 0.15) is 148 Å². The number of carbonyl (C=O) groups excluding carboxylic acids is 10. The molecule has 0 atom stereocenters. The standard InChI is InChI=1S/C66H50F6N6O6.C28H23F3N4O2.C8H4Cl2O2/c1-37-31-49(23-27-53(37)56-30-26-52(36-58(56)66(70,71)72)78-64(84)46-17-21-48(74)22-18-46)75-61(81)43-7-3-39(4-8-43)33-59(79)41-11-13-42(14-12-41)60(80)34-40-5-9-44(10-6-40)62(82)77-51-25-29-55(57(35-51)65(67,68)69)54-28-24-50(32-38(54)2)76-63(83)45-15-19-47(73)20-16-45;1-16-14-21(34-26(36)17-2-6-19(32)7-3-17)10-12-23(16)24-13-11-22(15-25(24)28(29,30)31)35-27(37)18-4-8-20(33)9-5-18;9-7(11)5-1-2-6(4-3-5)8(10)12/h3-32,35-36H,33-34,73-74H2,1-2H3,(H,75,81)(H,76,83)(H,77,82)(H,78,84);2-15H,32-33H2,1H3,(H,34,36)(H,35,37);1-4H. The molecule has 0 saturated heterocycles. The van der Waals surface area contributed by atoms with Crippen molar-refractivity contribution in [1.82, 2.24) is 0 Å². The molecule has 14 rings (SSSR count). The number of anilines is 10. The average Bonchev–Trinajstić information content (AvgIpc) is 0.788. The molecule has 0 radical (unpaired) electrons. The lowest BCUT2D eigenvalue weighted by atomic mass is 9.94. The van der Waals surface area contributed by atoms with Crippen molar-refractivity contribution < 1.29 is 87.5 Å². The highest BCUT2D eigenvalue weighted by Gasteiger charge is 2.38. The van der Waals surface area contributed by atoms with Crippen LogP contribution in [0.3, 0.4) is 0 Å². The first kappa shape index (κ1) is 95.8. The normalized spacial score (nSPS) is 11.1. The Labute approximate surface area is 764 Å². The Hall–Kier alpha value is -16.3. The predicted molar refractivity (Wildman–Crippen MR) is 498 cm³/mol. The molecule has 0 aliphatic rings. The molecule has 133 heavy (non-hydrogen) atoms. The second-order valence-corrected chi connectivity index (χ2v) is 31.1. The maximum Gasteiger partial charge on any atom is 0.417 e. The SMILES string of the molecule is Cc1cc(NC(=O)c2ccc(CC(=O)c3ccc(C(=O)Cc4ccc(C(=O)Nc5ccc(-c6ccc(NC(=O)c7ccc(N)cc7)cc6C)c(C(F)(F)F)c5)cc4)cc3)cc2)ccc1-c1ccc(NC(=O)c2ccc(N)cc2)cc1C(F)(F)F.Cc1cc(NC(=O)c2ccc(N)cc2)ccc1-c1ccc(NC(=O)c2ccc(N)cc2)cc1C(F)(F)F.O=C(Cl)c1ccc(C(=O)Cl)cc1. The van der Waals surface area contributed by atoms with Crippen molar-refractivity contribution in [2.24, 2.45) is 0 Å². The lowest BCUT2D eigenvalue weighted by Crippen LogP contribution is -2.14. The molecular formula is C102H77Cl2F9N10O10. The molecule has 31 heteroatoms. The van der Waals surface area contributed by atoms with E-state index in [1.165, 1.54) is 194 Å². The number of hydrogen-bond acceptors (Lipinski definition) is 14. The Morgan fingerprint density at radius 2 is 0.406 bits per heavy atom. The van der Waals surface area contributed by atoms with Gasteiger partial charge < -0.3 is 54.8 Å². The number of ketones is 2. The Bertz CT molecular complexity index is 6770. The molecule has 14 aromatic carbocycles. The van der Waals surface area contributed by atoms with Crippen LogP contribution in [0.25, 0.3) is 33.4 Å². The van der Waals surface area contributed by atoms with Crippen LogP contribution in [0.2, 0.25) is 0 Å². The molecule has 0 heterocycles. The van der Waals surface area contributed by atoms with Crippen molar-refractivity contribution in [3.05, 3.63) is 403 Å². The number of alkyl halides is 9. The van der Waals surface area contributed by atoms with Gasteiger partial charge in [0.15, 0.2) is 11.6 Å². The van der Waals surface area contributed by atoms with Gasteiger partial charge in [0.1, 0.15) is 0 Å². The molecule has 0 aliphatic carbocycles. The minimum Gasteiger partial charge on any atom is -0.399 e. The van der Waals surface area contributed by atoms with E-state index in [9.17, 15) is 87.5 Å². The largest absolute Gasteiger partial charge is 0.417 e. The van der Waals surface area contributed by atoms with E-state index in [0.29, 0.717) is 107 Å². The van der Waals surface area contributed by atoms with Gasteiger partial charge in [-0.1, -0.05) is 84.9 Å². The number of rotatable bonds is 23. The highest BCUT2D eigenvalue weighted by molar-refractivity contribution is 6.68. The molecule has 6 amide bonds. The van der Waals surface area contributed by atoms with Gasteiger partial charge in [-0.15, -0.1) is 0 Å². The van der Waals surface area contributed by atoms with E-state index in [4.69, 9.17) is 46.1 Å². The lowest BCUT2D eigenvalue weighted by molar-refractivity contribution is -0.137. The number of benzene rings is 14. The summed E-state index contributed by atoms with van der Waals surface area (Å²) < 4.78 is 129. The first-order chi connectivity index (χ1) is 63.1. The third-order valence-electron chi connectivity index (χ3n) is 20.8. The zero-order valence-electron chi connectivity index (χ0n) is 70.3. The summed E-state index contributed by atoms with van der Waals surface area (Å²) >= 11 is 10.4. The van der Waals surface area contributed by atoms with Crippen molar-refractivity contribution in [3.8, 4) is 33.4 Å². The Kier molecular flexibility index (Phi) is 29.9. The van der Waals surface area contributed by atoms with Gasteiger partial charge in [-0.3, -0.25) is 47.9 Å². The van der Waals surface area contributed by atoms with Gasteiger partial charge in [0.25, 0.3) is 45.9 Å². The predicted octanol–water partition coefficient (Wildman–Crippen LogP) is 23.5. The van der Waals surface area contributed by atoms with Gasteiger partial charge in [-0.25, -0.2) is 0 Å². The number of nitrogen functional groups attached to an aromatic ring is 4. The number of hydrogen-bond donors (Lipinski definition) is 10. The van der Waals surface area contributed by atoms with Gasteiger partial charge in [-0.2, -0.15) is 39.5 Å². The summed E-state index contributed by atoms with van der Waals surface area (Å²) in [5.41, 5.74) is 28.8. The molecule has 0 spiro atoms. The van der Waals surface area contributed by atoms with Crippen molar-refractivity contribution in [3.63, 3.8) is 0 Å². The van der Waals surface area contributed by atoms with Gasteiger partial charge in [0.05, 0.1) is 16.7 Å². The summed E-state index contributed by atoms with van der Waals surface area (Å²) in [6.07, 6.45) is -14.3. The maximum absolute atomic E-state index is 14.5. The third-order valence-corrected chi connectivity index (χ3v) is 21.2. The fraction of sp³-hybridized carbons (Fsp3) is 0.0784. The van der Waals surface area contributed by atoms with Crippen LogP contribution in [0.15, 0.2) is 303 Å². The molecule has 672 valence electrons. The topological polar surface area (TPSA) is 347 Å². The van der Waals surface area contributed by atoms with Crippen LogP contribution in [-0.2, 0) is 31.4 Å². The Morgan fingerprint density at radius 3 is 0.594 bits per heavy atom. The first-order valence-corrected chi connectivity index (χ1v) is 40.9. The quantitative estimate of drug-likeness (QED) is 0.0123. The molecule has 20 nitrogen and oxygen atoms in total. The van der Waals surface area contributed by atoms with Crippen LogP contribution < -0.4 is 54.8 Å². The van der Waals surface area contributed by atoms with Gasteiger partial charge in [0.2, 0.25) is 0 Å². The number of carbonyl (C=O) groups is 10. The Balaban J connectivity index is 0.000000265. The van der Waals surface area contributed by atoms with E-state index in [-0.39, 0.29) is 97.4 Å². The van der Waals surface area contributed by atoms with E-state index in [1.807, 2.05) is 0 Å². The van der Waals surface area contributed by atoms with Crippen LogP contribution in [0, 0.1) is 20.8 Å². The molecule has 0 saturated carbocycles. The molecule has 14 N–H and O–H groups in total. The van der Waals surface area contributed by atoms with Crippen LogP contribution in [0.5, 0.6) is 0 Å². The molecular weight excluding hydrogens is 1770 g/mol. The third kappa shape index (κ3) is 25.2. The average molecular weight is 1840 g/mol. The number of halogens is 11. The second kappa shape index (κ2) is 41.4. The highest BCUT2D eigenvalue weighted by Crippen LogP contribution is 2.44. The van der Waals surface area contributed by atoms with E-state index in [1.54, 1.807) is 112 Å². The molecule has 0 bridgehead atoms. The summed E-state index contributed by atoms with van der Waals surface area (Å²) in [6, 6.07) is 73.2. The smallest absolute Gasteiger partial charge is 0.399 e. The summed E-state index contributed by atoms with van der Waals surface area (Å²) in [7, 11) is 0. The van der Waals surface area contributed by atoms with E-state index in [0.717, 1.165) is 18.2 Å². The zero-order valence-corrected chi connectivity index (χ0v) is 71.8. The van der Waals surface area contributed by atoms with Gasteiger partial charge in [-0.05, 0) is 324 Å². The molecule has 0 aromatic heterocycles. The minimum absolute atomic E-state index is 0.00272. The van der Waals surface area contributed by atoms with E-state index < -0.39 is 75.2 Å².